The highest BCUT2D eigenvalue weighted by atomic mass is 16.7. The molecule has 0 radical (unpaired) electrons. The fraction of sp³-hybridized carbons (Fsp3) is 0.710. The first-order chi connectivity index (χ1) is 19.3. The maximum atomic E-state index is 12.4. The van der Waals surface area contributed by atoms with Gasteiger partial charge in [-0.3, -0.25) is 14.4 Å². The number of amides is 2. The summed E-state index contributed by atoms with van der Waals surface area (Å²) in [4.78, 5) is 35.6. The number of hydrogen-bond acceptors (Lipinski definition) is 8. The van der Waals surface area contributed by atoms with Crippen molar-refractivity contribution < 1.29 is 38.4 Å². The zero-order valence-electron chi connectivity index (χ0n) is 25.3. The second-order valence-electron chi connectivity index (χ2n) is 11.9. The molecule has 3 aliphatic heterocycles. The number of allylic oxidation sites excluding steroid dienone is 2. The van der Waals surface area contributed by atoms with Gasteiger partial charge in [0.25, 0.3) is 0 Å². The summed E-state index contributed by atoms with van der Waals surface area (Å²) in [5, 5.41) is 16.9. The third-order valence-corrected chi connectivity index (χ3v) is 7.76. The van der Waals surface area contributed by atoms with Crippen molar-refractivity contribution in [3.05, 3.63) is 36.0 Å². The lowest BCUT2D eigenvalue weighted by Crippen LogP contribution is -2.50. The lowest BCUT2D eigenvalue weighted by molar-refractivity contribution is -0.256. The first kappa shape index (κ1) is 33.0. The van der Waals surface area contributed by atoms with Gasteiger partial charge in [-0.05, 0) is 52.0 Å². The molecule has 0 unspecified atom stereocenters. The third-order valence-electron chi connectivity index (χ3n) is 7.76. The van der Waals surface area contributed by atoms with Crippen LogP contribution in [0.3, 0.4) is 0 Å². The number of carbonyl (C=O) groups is 3. The van der Waals surface area contributed by atoms with Crippen LogP contribution < -0.4 is 10.6 Å². The second kappa shape index (κ2) is 14.6. The topological polar surface area (TPSA) is 136 Å². The zero-order chi connectivity index (χ0) is 30.2. The highest BCUT2D eigenvalue weighted by molar-refractivity contribution is 5.87. The van der Waals surface area contributed by atoms with Gasteiger partial charge < -0.3 is 34.7 Å². The van der Waals surface area contributed by atoms with E-state index in [0.717, 1.165) is 24.8 Å². The fourth-order valence-electron chi connectivity index (χ4n) is 5.52. The van der Waals surface area contributed by atoms with E-state index in [2.05, 4.69) is 23.6 Å². The molecule has 0 saturated carbocycles. The van der Waals surface area contributed by atoms with Crippen molar-refractivity contribution in [2.45, 2.75) is 122 Å². The van der Waals surface area contributed by atoms with E-state index in [9.17, 15) is 19.5 Å². The van der Waals surface area contributed by atoms with E-state index in [1.165, 1.54) is 13.0 Å². The first-order valence-electron chi connectivity index (χ1n) is 14.8. The Balaban J connectivity index is 1.49. The number of epoxide rings is 1. The van der Waals surface area contributed by atoms with Crippen LogP contribution in [-0.2, 0) is 33.3 Å². The molecule has 230 valence electrons. The van der Waals surface area contributed by atoms with Crippen LogP contribution in [0, 0.1) is 5.92 Å². The van der Waals surface area contributed by atoms with Crippen molar-refractivity contribution in [1.82, 2.24) is 10.6 Å². The van der Waals surface area contributed by atoms with Crippen molar-refractivity contribution >= 4 is 17.8 Å². The minimum atomic E-state index is -1.55. The minimum Gasteiger partial charge on any atom is -0.459 e. The predicted octanol–water partition coefficient (Wildman–Crippen LogP) is 3.24. The van der Waals surface area contributed by atoms with Crippen LogP contribution in [0.2, 0.25) is 0 Å². The molecule has 3 saturated heterocycles. The molecular weight excluding hydrogens is 528 g/mol. The molecule has 3 N–H and O–H groups in total. The van der Waals surface area contributed by atoms with Crippen molar-refractivity contribution in [2.75, 3.05) is 13.2 Å². The Hall–Kier alpha value is -2.53. The molecule has 0 aromatic rings. The lowest BCUT2D eigenvalue weighted by atomic mass is 9.87. The van der Waals surface area contributed by atoms with E-state index in [0.29, 0.717) is 26.0 Å². The summed E-state index contributed by atoms with van der Waals surface area (Å²) in [6.07, 6.45) is 11.2. The Morgan fingerprint density at radius 3 is 2.59 bits per heavy atom. The highest BCUT2D eigenvalue weighted by Crippen LogP contribution is 2.46. The molecule has 3 fully saturated rings. The van der Waals surface area contributed by atoms with E-state index >= 15 is 0 Å². The summed E-state index contributed by atoms with van der Waals surface area (Å²) in [6, 6.07) is -0.115. The summed E-state index contributed by atoms with van der Waals surface area (Å²) < 4.78 is 22.9. The Kier molecular flexibility index (Phi) is 11.7. The van der Waals surface area contributed by atoms with E-state index < -0.39 is 23.5 Å². The van der Waals surface area contributed by atoms with Crippen LogP contribution in [0.5, 0.6) is 0 Å². The minimum absolute atomic E-state index is 0.0156. The van der Waals surface area contributed by atoms with Gasteiger partial charge in [-0.1, -0.05) is 37.6 Å². The van der Waals surface area contributed by atoms with Crippen molar-refractivity contribution in [3.63, 3.8) is 0 Å². The summed E-state index contributed by atoms with van der Waals surface area (Å²) in [5.74, 6) is -2.18. The summed E-state index contributed by atoms with van der Waals surface area (Å²) in [6.45, 7) is 12.2. The predicted molar refractivity (Wildman–Crippen MR) is 154 cm³/mol. The Morgan fingerprint density at radius 2 is 1.93 bits per heavy atom. The van der Waals surface area contributed by atoms with Gasteiger partial charge in [0, 0.05) is 32.4 Å². The molecule has 3 heterocycles. The van der Waals surface area contributed by atoms with Gasteiger partial charge in [0.1, 0.15) is 6.10 Å². The van der Waals surface area contributed by atoms with Gasteiger partial charge in [0.05, 0.1) is 43.0 Å². The fourth-order valence-corrected chi connectivity index (χ4v) is 5.52. The molecule has 3 aliphatic rings. The first-order valence-corrected chi connectivity index (χ1v) is 14.8. The molecule has 3 rings (SSSR count). The van der Waals surface area contributed by atoms with E-state index in [4.69, 9.17) is 18.9 Å². The number of ether oxygens (including phenoxy) is 4. The summed E-state index contributed by atoms with van der Waals surface area (Å²) in [7, 11) is 0. The standard InChI is InChI=1S/C31H48N2O8/c1-7-14-32-29(36)17-31(37)18-30(19-38-30)16-25(41-31)11-8-20(2)9-12-27-21(3)15-26(23(5)40-27)33-28(35)13-10-22(4)39-24(6)34/h8-11,13,21-23,25-27,37H,7,12,14-19H2,1-6H3,(H,32,36)(H,33,35)/t21-,22-,23+,25+,26+,27-,30-,31+/m0/s1. The SMILES string of the molecule is CCCNC(=O)C[C@]1(O)C[C@]2(CO2)C[C@@H](C=CC(C)=CC[C@@H]2O[C@H](C)[C@H](NC(=O)C=C[C@H](C)OC(C)=O)C[C@@H]2C)O1. The van der Waals surface area contributed by atoms with Gasteiger partial charge in [-0.25, -0.2) is 0 Å². The van der Waals surface area contributed by atoms with Gasteiger partial charge in [0.15, 0.2) is 5.79 Å². The zero-order valence-corrected chi connectivity index (χ0v) is 25.3. The van der Waals surface area contributed by atoms with E-state index in [-0.39, 0.29) is 48.5 Å². The van der Waals surface area contributed by atoms with Gasteiger partial charge in [-0.15, -0.1) is 0 Å². The van der Waals surface area contributed by atoms with Gasteiger partial charge in [-0.2, -0.15) is 0 Å². The third kappa shape index (κ3) is 10.7. The molecule has 10 nitrogen and oxygen atoms in total. The normalized spacial score (nSPS) is 34.5. The molecule has 8 atom stereocenters. The number of hydrogen-bond donors (Lipinski definition) is 3. The monoisotopic (exact) mass is 576 g/mol. The molecule has 10 heteroatoms. The lowest BCUT2D eigenvalue weighted by Gasteiger charge is -2.39. The molecular formula is C31H48N2O8. The molecule has 41 heavy (non-hydrogen) atoms. The second-order valence-corrected chi connectivity index (χ2v) is 11.9. The molecule has 2 amide bonds. The molecule has 0 aliphatic carbocycles. The number of rotatable bonds is 12. The number of carbonyl (C=O) groups excluding carboxylic acids is 3. The van der Waals surface area contributed by atoms with E-state index in [1.807, 2.05) is 32.9 Å². The summed E-state index contributed by atoms with van der Waals surface area (Å²) >= 11 is 0. The van der Waals surface area contributed by atoms with Gasteiger partial charge >= 0.3 is 5.97 Å². The van der Waals surface area contributed by atoms with E-state index in [1.54, 1.807) is 13.0 Å². The largest absolute Gasteiger partial charge is 0.459 e. The number of nitrogens with one attached hydrogen (secondary N) is 2. The average Bonchev–Trinajstić information content (AvgIpc) is 3.62. The summed E-state index contributed by atoms with van der Waals surface area (Å²) in [5.41, 5.74) is 0.620. The maximum Gasteiger partial charge on any atom is 0.303 e. The van der Waals surface area contributed by atoms with Crippen LogP contribution in [-0.4, -0.2) is 77.9 Å². The Morgan fingerprint density at radius 1 is 1.20 bits per heavy atom. The van der Waals surface area contributed by atoms with Crippen LogP contribution in [0.25, 0.3) is 0 Å². The highest BCUT2D eigenvalue weighted by Gasteiger charge is 2.57. The van der Waals surface area contributed by atoms with Crippen LogP contribution >= 0.6 is 0 Å². The quantitative estimate of drug-likeness (QED) is 0.139. The van der Waals surface area contributed by atoms with Gasteiger partial charge in [0.2, 0.25) is 11.8 Å². The number of aliphatic hydroxyl groups is 1. The smallest absolute Gasteiger partial charge is 0.303 e. The van der Waals surface area contributed by atoms with Crippen LogP contribution in [0.4, 0.5) is 0 Å². The maximum absolute atomic E-state index is 12.4. The van der Waals surface area contributed by atoms with Crippen molar-refractivity contribution in [3.8, 4) is 0 Å². The molecule has 1 spiro atoms. The number of esters is 1. The Labute approximate surface area is 243 Å². The Bertz CT molecular complexity index is 1020. The molecule has 0 aromatic heterocycles. The van der Waals surface area contributed by atoms with Crippen LogP contribution in [0.15, 0.2) is 36.0 Å². The molecule has 0 bridgehead atoms. The van der Waals surface area contributed by atoms with Crippen molar-refractivity contribution in [1.29, 1.82) is 0 Å². The van der Waals surface area contributed by atoms with Crippen LogP contribution in [0.1, 0.15) is 80.1 Å². The van der Waals surface area contributed by atoms with Crippen molar-refractivity contribution in [2.24, 2.45) is 5.92 Å². The molecule has 0 aromatic carbocycles. The average molecular weight is 577 g/mol.